The molecule has 1 aromatic carbocycles. The van der Waals surface area contributed by atoms with Gasteiger partial charge in [0.15, 0.2) is 0 Å². The topological polar surface area (TPSA) is 137 Å². The van der Waals surface area contributed by atoms with E-state index in [4.69, 9.17) is 10.5 Å². The molecule has 1 saturated heterocycles. The van der Waals surface area contributed by atoms with Crippen molar-refractivity contribution in [3.63, 3.8) is 0 Å². The van der Waals surface area contributed by atoms with Gasteiger partial charge in [0.25, 0.3) is 11.8 Å². The van der Waals surface area contributed by atoms with E-state index in [0.717, 1.165) is 31.2 Å². The maximum Gasteiger partial charge on any atom is 0.409 e. The number of carbonyl (C=O) groups excluding carboxylic acids is 4. The number of hydrogen-bond donors (Lipinski definition) is 2. The van der Waals surface area contributed by atoms with Crippen molar-refractivity contribution in [2.45, 2.75) is 51.0 Å². The summed E-state index contributed by atoms with van der Waals surface area (Å²) in [6.07, 6.45) is 4.60. The predicted octanol–water partition coefficient (Wildman–Crippen LogP) is 1.93. The fourth-order valence-electron chi connectivity index (χ4n) is 4.21. The van der Waals surface area contributed by atoms with Crippen LogP contribution < -0.4 is 11.1 Å². The molecule has 3 amide bonds. The summed E-state index contributed by atoms with van der Waals surface area (Å²) in [6, 6.07) is 7.96. The Kier molecular flexibility index (Phi) is 8.99. The molecule has 2 atom stereocenters. The number of rotatable bonds is 10. The summed E-state index contributed by atoms with van der Waals surface area (Å²) in [7, 11) is 1.70. The Morgan fingerprint density at radius 2 is 1.97 bits per heavy atom. The number of aryl methyl sites for hydroxylation is 1. The number of piperidine rings is 1. The largest absolute Gasteiger partial charge is 0.449 e. The molecule has 1 fully saturated rings. The smallest absolute Gasteiger partial charge is 0.409 e. The number of benzene rings is 1. The Morgan fingerprint density at radius 3 is 2.66 bits per heavy atom. The lowest BCUT2D eigenvalue weighted by Gasteiger charge is -2.31. The summed E-state index contributed by atoms with van der Waals surface area (Å²) in [6.45, 7) is 3.38. The number of ketones is 1. The number of Topliss-reactive ketones (excluding diaryl/α,β-unsaturated/α-hetero) is 1. The first-order valence-corrected chi connectivity index (χ1v) is 11.9. The van der Waals surface area contributed by atoms with E-state index in [0.29, 0.717) is 31.0 Å². The highest BCUT2D eigenvalue weighted by atomic mass is 16.6. The first kappa shape index (κ1) is 25.9. The zero-order valence-electron chi connectivity index (χ0n) is 20.2. The molecule has 2 heterocycles. The minimum atomic E-state index is -1.11. The van der Waals surface area contributed by atoms with Gasteiger partial charge in [0.05, 0.1) is 17.9 Å². The number of unbranched alkanes of at least 4 members (excludes halogenated alkanes) is 1. The van der Waals surface area contributed by atoms with Crippen LogP contribution in [0.2, 0.25) is 0 Å². The van der Waals surface area contributed by atoms with Gasteiger partial charge < -0.3 is 20.7 Å². The molecule has 10 heteroatoms. The third kappa shape index (κ3) is 6.91. The maximum atomic E-state index is 13.3. The Balaban J connectivity index is 1.76. The molecule has 0 radical (unpaired) electrons. The van der Waals surface area contributed by atoms with E-state index < -0.39 is 23.6 Å². The van der Waals surface area contributed by atoms with Gasteiger partial charge in [0, 0.05) is 38.7 Å². The van der Waals surface area contributed by atoms with Crippen molar-refractivity contribution >= 4 is 23.7 Å². The van der Waals surface area contributed by atoms with E-state index >= 15 is 0 Å². The van der Waals surface area contributed by atoms with Crippen LogP contribution in [0.3, 0.4) is 0 Å². The Hall–Kier alpha value is -3.69. The van der Waals surface area contributed by atoms with Crippen LogP contribution in [0.1, 0.15) is 60.1 Å². The van der Waals surface area contributed by atoms with Crippen LogP contribution >= 0.6 is 0 Å². The zero-order chi connectivity index (χ0) is 25.4. The lowest BCUT2D eigenvalue weighted by Crippen LogP contribution is -2.47. The highest BCUT2D eigenvalue weighted by molar-refractivity contribution is 6.38. The average Bonchev–Trinajstić information content (AvgIpc) is 3.25. The molecule has 0 aliphatic carbocycles. The lowest BCUT2D eigenvalue weighted by molar-refractivity contribution is -0.137. The van der Waals surface area contributed by atoms with Gasteiger partial charge in [-0.3, -0.25) is 19.1 Å². The quantitative estimate of drug-likeness (QED) is 0.391. The number of likely N-dealkylation sites (tertiary alicyclic amines) is 1. The summed E-state index contributed by atoms with van der Waals surface area (Å²) >= 11 is 0. The van der Waals surface area contributed by atoms with Crippen LogP contribution in [0.15, 0.2) is 36.5 Å². The van der Waals surface area contributed by atoms with E-state index in [1.165, 1.54) is 4.68 Å². The molecule has 2 aromatic rings. The molecule has 0 saturated carbocycles. The SMILES string of the molecule is CCCCOC(=O)N1CCCC(c2nn(C)cc2C(=O)NC(Cc2ccccc2)C(=O)C(N)=O)C1. The molecule has 1 aliphatic heterocycles. The van der Waals surface area contributed by atoms with Crippen LogP contribution in [0, 0.1) is 0 Å². The molecular formula is C25H33N5O5. The molecule has 3 rings (SSSR count). The molecule has 0 spiro atoms. The van der Waals surface area contributed by atoms with Gasteiger partial charge in [0.2, 0.25) is 5.78 Å². The van der Waals surface area contributed by atoms with Gasteiger partial charge in [0.1, 0.15) is 6.04 Å². The van der Waals surface area contributed by atoms with E-state index in [-0.39, 0.29) is 18.4 Å². The van der Waals surface area contributed by atoms with Gasteiger partial charge >= 0.3 is 6.09 Å². The van der Waals surface area contributed by atoms with E-state index in [2.05, 4.69) is 10.4 Å². The third-order valence-corrected chi connectivity index (χ3v) is 6.04. The van der Waals surface area contributed by atoms with Crippen molar-refractivity contribution in [3.05, 3.63) is 53.3 Å². The average molecular weight is 484 g/mol. The van der Waals surface area contributed by atoms with E-state index in [1.54, 1.807) is 30.3 Å². The second-order valence-corrected chi connectivity index (χ2v) is 8.80. The summed E-state index contributed by atoms with van der Waals surface area (Å²) in [4.78, 5) is 51.4. The van der Waals surface area contributed by atoms with Crippen molar-refractivity contribution in [3.8, 4) is 0 Å². The van der Waals surface area contributed by atoms with Gasteiger partial charge in [-0.2, -0.15) is 5.10 Å². The highest BCUT2D eigenvalue weighted by Crippen LogP contribution is 2.29. The summed E-state index contributed by atoms with van der Waals surface area (Å²) in [5.41, 5.74) is 6.86. The molecule has 10 nitrogen and oxygen atoms in total. The first-order chi connectivity index (χ1) is 16.8. The molecule has 0 bridgehead atoms. The third-order valence-electron chi connectivity index (χ3n) is 6.04. The number of ether oxygens (including phenoxy) is 1. The molecule has 35 heavy (non-hydrogen) atoms. The number of amides is 3. The Morgan fingerprint density at radius 1 is 1.23 bits per heavy atom. The van der Waals surface area contributed by atoms with Crippen molar-refractivity contribution in [2.75, 3.05) is 19.7 Å². The number of aromatic nitrogens is 2. The summed E-state index contributed by atoms with van der Waals surface area (Å²) in [5, 5.41) is 7.17. The molecular weight excluding hydrogens is 450 g/mol. The fraction of sp³-hybridized carbons (Fsp3) is 0.480. The lowest BCUT2D eigenvalue weighted by atomic mass is 9.92. The zero-order valence-corrected chi connectivity index (χ0v) is 20.2. The monoisotopic (exact) mass is 483 g/mol. The molecule has 1 aromatic heterocycles. The minimum Gasteiger partial charge on any atom is -0.449 e. The van der Waals surface area contributed by atoms with Crippen LogP contribution in [-0.2, 0) is 27.8 Å². The molecule has 188 valence electrons. The fourth-order valence-corrected chi connectivity index (χ4v) is 4.21. The van der Waals surface area contributed by atoms with Crippen LogP contribution in [0.5, 0.6) is 0 Å². The molecule has 2 unspecified atom stereocenters. The molecule has 3 N–H and O–H groups in total. The molecule has 1 aliphatic rings. The number of nitrogens with two attached hydrogens (primary N) is 1. The number of hydrogen-bond acceptors (Lipinski definition) is 6. The van der Waals surface area contributed by atoms with Gasteiger partial charge in [-0.15, -0.1) is 0 Å². The van der Waals surface area contributed by atoms with Gasteiger partial charge in [-0.05, 0) is 24.8 Å². The number of carbonyl (C=O) groups is 4. The number of primary amides is 1. The van der Waals surface area contributed by atoms with E-state index in [9.17, 15) is 19.2 Å². The van der Waals surface area contributed by atoms with Crippen LogP contribution in [-0.4, -0.2) is 64.1 Å². The Labute approximate surface area is 204 Å². The van der Waals surface area contributed by atoms with Crippen LogP contribution in [0.25, 0.3) is 0 Å². The second kappa shape index (κ2) is 12.1. The summed E-state index contributed by atoms with van der Waals surface area (Å²) < 4.78 is 6.88. The van der Waals surface area contributed by atoms with Crippen molar-refractivity contribution < 1.29 is 23.9 Å². The predicted molar refractivity (Wildman–Crippen MR) is 129 cm³/mol. The highest BCUT2D eigenvalue weighted by Gasteiger charge is 2.32. The first-order valence-electron chi connectivity index (χ1n) is 11.9. The summed E-state index contributed by atoms with van der Waals surface area (Å²) in [5.74, 6) is -2.66. The van der Waals surface area contributed by atoms with Gasteiger partial charge in [-0.25, -0.2) is 4.79 Å². The number of nitrogens with one attached hydrogen (secondary N) is 1. The van der Waals surface area contributed by atoms with Gasteiger partial charge in [-0.1, -0.05) is 43.7 Å². The van der Waals surface area contributed by atoms with Crippen molar-refractivity contribution in [2.24, 2.45) is 12.8 Å². The Bertz CT molecular complexity index is 1050. The maximum absolute atomic E-state index is 13.3. The van der Waals surface area contributed by atoms with Crippen LogP contribution in [0.4, 0.5) is 4.79 Å². The number of nitrogens with zero attached hydrogens (tertiary/aromatic N) is 3. The minimum absolute atomic E-state index is 0.130. The van der Waals surface area contributed by atoms with Crippen molar-refractivity contribution in [1.29, 1.82) is 0 Å². The standard InChI is InChI=1S/C25H33N5O5/c1-3-4-13-35-25(34)30-12-8-11-18(15-30)21-19(16-29(2)28-21)24(33)27-20(22(31)23(26)32)14-17-9-6-5-7-10-17/h5-7,9-10,16,18,20H,3-4,8,11-15H2,1-2H3,(H2,26,32)(H,27,33). The normalized spacial score (nSPS) is 16.4. The van der Waals surface area contributed by atoms with Crippen molar-refractivity contribution in [1.82, 2.24) is 20.0 Å². The van der Waals surface area contributed by atoms with E-state index in [1.807, 2.05) is 25.1 Å². The second-order valence-electron chi connectivity index (χ2n) is 8.80.